The number of benzene rings is 2. The maximum Gasteiger partial charge on any atom is 0.227 e. The molecule has 0 N–H and O–H groups in total. The summed E-state index contributed by atoms with van der Waals surface area (Å²) in [5, 5.41) is 21.1. The van der Waals surface area contributed by atoms with Gasteiger partial charge in [0.15, 0.2) is 5.58 Å². The Bertz CT molecular complexity index is 1390. The zero-order valence-electron chi connectivity index (χ0n) is 16.3. The number of anilines is 3. The Balaban J connectivity index is 1.87. The average Bonchev–Trinajstić information content (AvgIpc) is 3.23. The third-order valence-electron chi connectivity index (χ3n) is 5.72. The first kappa shape index (κ1) is 17.1. The Hall–Kier alpha value is -4.03. The van der Waals surface area contributed by atoms with Crippen molar-refractivity contribution in [2.24, 2.45) is 0 Å². The summed E-state index contributed by atoms with van der Waals surface area (Å²) < 4.78 is 6.19. The molecule has 6 heteroatoms. The van der Waals surface area contributed by atoms with Gasteiger partial charge in [-0.3, -0.25) is 0 Å². The van der Waals surface area contributed by atoms with Crippen LogP contribution >= 0.6 is 0 Å². The molecule has 0 unspecified atom stereocenters. The molecule has 29 heavy (non-hydrogen) atoms. The highest BCUT2D eigenvalue weighted by atomic mass is 16.3. The number of furan rings is 1. The van der Waals surface area contributed by atoms with E-state index in [1.165, 1.54) is 0 Å². The van der Waals surface area contributed by atoms with E-state index in [1.807, 2.05) is 32.2 Å². The van der Waals surface area contributed by atoms with Crippen LogP contribution in [-0.2, 0) is 0 Å². The van der Waals surface area contributed by atoms with Crippen LogP contribution in [0.3, 0.4) is 0 Å². The van der Waals surface area contributed by atoms with Crippen molar-refractivity contribution in [1.82, 2.24) is 4.98 Å². The van der Waals surface area contributed by atoms with Crippen molar-refractivity contribution in [2.75, 3.05) is 16.8 Å². The van der Waals surface area contributed by atoms with Crippen molar-refractivity contribution in [2.45, 2.75) is 20.0 Å². The summed E-state index contributed by atoms with van der Waals surface area (Å²) in [4.78, 5) is 8.58. The molecule has 0 saturated carbocycles. The number of fused-ring (bicyclic) bond motifs is 4. The third-order valence-corrected chi connectivity index (χ3v) is 5.72. The van der Waals surface area contributed by atoms with Crippen LogP contribution in [0.1, 0.15) is 23.6 Å². The first-order valence-corrected chi connectivity index (χ1v) is 9.32. The topological polar surface area (TPSA) is 80.1 Å². The minimum Gasteiger partial charge on any atom is -0.435 e. The molecule has 1 atom stereocenters. The van der Waals surface area contributed by atoms with E-state index in [0.717, 1.165) is 39.0 Å². The fourth-order valence-corrected chi connectivity index (χ4v) is 4.25. The number of aryl methyl sites for hydroxylation is 1. The Labute approximate surface area is 167 Å². The molecule has 4 aromatic rings. The zero-order valence-corrected chi connectivity index (χ0v) is 16.3. The van der Waals surface area contributed by atoms with Crippen molar-refractivity contribution in [3.63, 3.8) is 0 Å². The second-order valence-electron chi connectivity index (χ2n) is 7.29. The number of hydrogen-bond acceptors (Lipinski definition) is 6. The van der Waals surface area contributed by atoms with Gasteiger partial charge in [0.05, 0.1) is 34.3 Å². The SMILES string of the molecule is Cc1ccc2c(oc3ncccc32)c1N1c2cc(C#N)cc(C#N)c2N(C)[C@@H]1C. The van der Waals surface area contributed by atoms with Gasteiger partial charge in [-0.25, -0.2) is 4.98 Å². The lowest BCUT2D eigenvalue weighted by molar-refractivity contribution is 0.648. The first-order chi connectivity index (χ1) is 14.0. The van der Waals surface area contributed by atoms with Crippen LogP contribution < -0.4 is 9.80 Å². The number of hydrogen-bond donors (Lipinski definition) is 0. The number of pyridine rings is 1. The molecule has 6 nitrogen and oxygen atoms in total. The predicted octanol–water partition coefficient (Wildman–Crippen LogP) is 4.97. The van der Waals surface area contributed by atoms with Crippen LogP contribution in [0.4, 0.5) is 17.1 Å². The lowest BCUT2D eigenvalue weighted by Gasteiger charge is -2.29. The van der Waals surface area contributed by atoms with E-state index < -0.39 is 0 Å². The highest BCUT2D eigenvalue weighted by Crippen LogP contribution is 2.49. The monoisotopic (exact) mass is 379 g/mol. The van der Waals surface area contributed by atoms with Crippen LogP contribution in [0, 0.1) is 29.6 Å². The van der Waals surface area contributed by atoms with Crippen LogP contribution in [0.25, 0.3) is 22.1 Å². The molecule has 2 aromatic carbocycles. The third kappa shape index (κ3) is 2.23. The number of rotatable bonds is 1. The summed E-state index contributed by atoms with van der Waals surface area (Å²) in [5.74, 6) is 0. The predicted molar refractivity (Wildman–Crippen MR) is 112 cm³/mol. The number of nitrogens with zero attached hydrogens (tertiary/aromatic N) is 5. The van der Waals surface area contributed by atoms with E-state index in [1.54, 1.807) is 12.3 Å². The molecule has 0 fully saturated rings. The van der Waals surface area contributed by atoms with E-state index in [0.29, 0.717) is 16.8 Å². The summed E-state index contributed by atoms with van der Waals surface area (Å²) in [6.45, 7) is 4.12. The van der Waals surface area contributed by atoms with Gasteiger partial charge in [0.1, 0.15) is 12.2 Å². The lowest BCUT2D eigenvalue weighted by atomic mass is 10.1. The highest BCUT2D eigenvalue weighted by Gasteiger charge is 2.36. The second-order valence-corrected chi connectivity index (χ2v) is 7.29. The Morgan fingerprint density at radius 3 is 2.66 bits per heavy atom. The van der Waals surface area contributed by atoms with Gasteiger partial charge in [0, 0.05) is 24.0 Å². The van der Waals surface area contributed by atoms with E-state index in [-0.39, 0.29) is 6.17 Å². The normalized spacial score (nSPS) is 15.6. The molecule has 0 spiro atoms. The number of nitriles is 2. The molecule has 0 aliphatic carbocycles. The van der Waals surface area contributed by atoms with Gasteiger partial charge in [0.25, 0.3) is 0 Å². The second kappa shape index (κ2) is 5.98. The summed E-state index contributed by atoms with van der Waals surface area (Å²) in [5.41, 5.74) is 5.94. The van der Waals surface area contributed by atoms with E-state index >= 15 is 0 Å². The molecule has 140 valence electrons. The summed E-state index contributed by atoms with van der Waals surface area (Å²) in [7, 11) is 1.96. The largest absolute Gasteiger partial charge is 0.435 e. The van der Waals surface area contributed by atoms with Gasteiger partial charge in [-0.2, -0.15) is 10.5 Å². The van der Waals surface area contributed by atoms with Gasteiger partial charge in [-0.05, 0) is 43.7 Å². The molecule has 5 rings (SSSR count). The van der Waals surface area contributed by atoms with Crippen LogP contribution in [0.15, 0.2) is 47.0 Å². The zero-order chi connectivity index (χ0) is 20.3. The molecule has 2 aromatic heterocycles. The van der Waals surface area contributed by atoms with Gasteiger partial charge < -0.3 is 14.2 Å². The van der Waals surface area contributed by atoms with Crippen molar-refractivity contribution in [3.8, 4) is 12.1 Å². The van der Waals surface area contributed by atoms with Crippen LogP contribution in [0.2, 0.25) is 0 Å². The summed E-state index contributed by atoms with van der Waals surface area (Å²) >= 11 is 0. The van der Waals surface area contributed by atoms with E-state index in [9.17, 15) is 10.5 Å². The quantitative estimate of drug-likeness (QED) is 0.465. The lowest BCUT2D eigenvalue weighted by Crippen LogP contribution is -2.36. The Morgan fingerprint density at radius 1 is 1.07 bits per heavy atom. The van der Waals surface area contributed by atoms with Crippen molar-refractivity contribution in [1.29, 1.82) is 10.5 Å². The molecule has 1 aliphatic rings. The van der Waals surface area contributed by atoms with E-state index in [4.69, 9.17) is 4.42 Å². The van der Waals surface area contributed by atoms with E-state index in [2.05, 4.69) is 46.0 Å². The molecule has 0 saturated heterocycles. The average molecular weight is 379 g/mol. The smallest absolute Gasteiger partial charge is 0.227 e. The molecular weight excluding hydrogens is 362 g/mol. The summed E-state index contributed by atoms with van der Waals surface area (Å²) in [6, 6.07) is 15.9. The van der Waals surface area contributed by atoms with Gasteiger partial charge in [-0.15, -0.1) is 0 Å². The fraction of sp³-hybridized carbons (Fsp3) is 0.174. The van der Waals surface area contributed by atoms with Crippen LogP contribution in [0.5, 0.6) is 0 Å². The Kier molecular flexibility index (Phi) is 3.53. The molecule has 0 amide bonds. The number of aromatic nitrogens is 1. The highest BCUT2D eigenvalue weighted by molar-refractivity contribution is 6.10. The standard InChI is InChI=1S/C23H17N5O/c1-13-6-7-17-18-5-4-8-26-23(18)29-22(17)20(13)28-14(2)27(3)21-16(12-25)9-15(11-24)10-19(21)28/h4-10,14H,1-3H3/t14-/m0/s1. The van der Waals surface area contributed by atoms with Gasteiger partial charge in [0.2, 0.25) is 5.71 Å². The van der Waals surface area contributed by atoms with Crippen molar-refractivity contribution < 1.29 is 4.42 Å². The minimum atomic E-state index is -0.0588. The van der Waals surface area contributed by atoms with Crippen molar-refractivity contribution >= 4 is 39.1 Å². The fourth-order valence-electron chi connectivity index (χ4n) is 4.25. The molecule has 0 radical (unpaired) electrons. The molecular formula is C23H17N5O. The van der Waals surface area contributed by atoms with Crippen molar-refractivity contribution in [3.05, 3.63) is 59.3 Å². The minimum absolute atomic E-state index is 0.0588. The van der Waals surface area contributed by atoms with Crippen LogP contribution in [-0.4, -0.2) is 18.2 Å². The maximum atomic E-state index is 9.67. The molecule has 1 aliphatic heterocycles. The molecule has 3 heterocycles. The maximum absolute atomic E-state index is 9.67. The van der Waals surface area contributed by atoms with Gasteiger partial charge >= 0.3 is 0 Å². The first-order valence-electron chi connectivity index (χ1n) is 9.32. The summed E-state index contributed by atoms with van der Waals surface area (Å²) in [6.07, 6.45) is 1.66. The molecule has 0 bridgehead atoms. The Morgan fingerprint density at radius 2 is 1.90 bits per heavy atom. The van der Waals surface area contributed by atoms with Gasteiger partial charge in [-0.1, -0.05) is 12.1 Å².